The number of rotatable bonds is 5. The zero-order valence-electron chi connectivity index (χ0n) is 10.6. The molecule has 5 heteroatoms. The molecule has 3 nitrogen and oxygen atoms in total. The summed E-state index contributed by atoms with van der Waals surface area (Å²) in [5.74, 6) is 0.862. The molecule has 0 aliphatic carbocycles. The predicted molar refractivity (Wildman–Crippen MR) is 78.8 cm³/mol. The zero-order valence-corrected chi connectivity index (χ0v) is 11.4. The second-order valence-electron chi connectivity index (χ2n) is 4.05. The molecule has 0 amide bonds. The molecule has 0 bridgehead atoms. The Hall–Kier alpha value is -1.43. The molecule has 2 aromatic carbocycles. The van der Waals surface area contributed by atoms with Gasteiger partial charge in [-0.3, -0.25) is 0 Å². The summed E-state index contributed by atoms with van der Waals surface area (Å²) in [6.07, 6.45) is 2.01. The maximum absolute atomic E-state index is 9.01. The lowest BCUT2D eigenvalue weighted by atomic mass is 9.80. The van der Waals surface area contributed by atoms with Gasteiger partial charge in [0, 0.05) is 4.90 Å². The van der Waals surface area contributed by atoms with Crippen LogP contribution in [0.1, 0.15) is 5.56 Å². The molecule has 0 unspecified atom stereocenters. The number of thioether (sulfide) groups is 1. The Morgan fingerprint density at radius 1 is 1.05 bits per heavy atom. The van der Waals surface area contributed by atoms with Gasteiger partial charge in [-0.25, -0.2) is 0 Å². The third kappa shape index (κ3) is 3.77. The van der Waals surface area contributed by atoms with Gasteiger partial charge in [0.1, 0.15) is 12.4 Å². The molecule has 19 heavy (non-hydrogen) atoms. The Kier molecular flexibility index (Phi) is 4.90. The maximum atomic E-state index is 9.01. The molecule has 0 heterocycles. The van der Waals surface area contributed by atoms with Crippen LogP contribution in [0.15, 0.2) is 53.4 Å². The summed E-state index contributed by atoms with van der Waals surface area (Å²) >= 11 is 1.65. The van der Waals surface area contributed by atoms with Gasteiger partial charge >= 0.3 is 7.12 Å². The van der Waals surface area contributed by atoms with E-state index in [-0.39, 0.29) is 0 Å². The Morgan fingerprint density at radius 2 is 1.74 bits per heavy atom. The van der Waals surface area contributed by atoms with E-state index < -0.39 is 7.12 Å². The van der Waals surface area contributed by atoms with Crippen molar-refractivity contribution in [2.24, 2.45) is 0 Å². The third-order valence-corrected chi connectivity index (χ3v) is 3.52. The summed E-state index contributed by atoms with van der Waals surface area (Å²) in [6, 6.07) is 14.9. The lowest BCUT2D eigenvalue weighted by Gasteiger charge is -2.10. The van der Waals surface area contributed by atoms with Crippen LogP contribution in [-0.2, 0) is 6.61 Å². The minimum absolute atomic E-state index is 0.458. The van der Waals surface area contributed by atoms with E-state index in [1.807, 2.05) is 42.7 Å². The van der Waals surface area contributed by atoms with E-state index in [1.165, 1.54) is 0 Å². The molecule has 2 aromatic rings. The smallest absolute Gasteiger partial charge is 0.488 e. The van der Waals surface area contributed by atoms with E-state index >= 15 is 0 Å². The first-order valence-corrected chi connectivity index (χ1v) is 7.14. The van der Waals surface area contributed by atoms with Gasteiger partial charge in [-0.2, -0.15) is 0 Å². The van der Waals surface area contributed by atoms with Gasteiger partial charge in [0.2, 0.25) is 0 Å². The zero-order chi connectivity index (χ0) is 13.7. The van der Waals surface area contributed by atoms with Crippen LogP contribution in [0.5, 0.6) is 5.75 Å². The highest BCUT2D eigenvalue weighted by Crippen LogP contribution is 2.27. The molecule has 0 saturated heterocycles. The molecule has 0 aliphatic rings. The average molecular weight is 274 g/mol. The van der Waals surface area contributed by atoms with Gasteiger partial charge in [-0.05, 0) is 29.4 Å². The monoisotopic (exact) mass is 274 g/mol. The second kappa shape index (κ2) is 6.66. The van der Waals surface area contributed by atoms with E-state index in [9.17, 15) is 0 Å². The largest absolute Gasteiger partial charge is 0.488 e. The van der Waals surface area contributed by atoms with Crippen molar-refractivity contribution in [2.45, 2.75) is 11.5 Å². The summed E-state index contributed by atoms with van der Waals surface area (Å²) < 4.78 is 5.77. The van der Waals surface area contributed by atoms with Crippen LogP contribution >= 0.6 is 11.8 Å². The summed E-state index contributed by atoms with van der Waals surface area (Å²) in [6.45, 7) is 0.458. The SMILES string of the molecule is CSc1ccccc1OCc1ccc(B(O)O)cc1. The highest BCUT2D eigenvalue weighted by atomic mass is 32.2. The Bertz CT molecular complexity index is 528. The van der Waals surface area contributed by atoms with Crippen LogP contribution in [0.3, 0.4) is 0 Å². The van der Waals surface area contributed by atoms with Crippen molar-refractivity contribution in [3.8, 4) is 5.75 Å². The van der Waals surface area contributed by atoms with E-state index in [1.54, 1.807) is 23.9 Å². The number of ether oxygens (including phenoxy) is 1. The molecule has 0 spiro atoms. The van der Waals surface area contributed by atoms with Crippen molar-refractivity contribution >= 4 is 24.3 Å². The summed E-state index contributed by atoms with van der Waals surface area (Å²) in [7, 11) is -1.42. The normalized spacial score (nSPS) is 10.3. The van der Waals surface area contributed by atoms with Gasteiger partial charge in [0.05, 0.1) is 0 Å². The van der Waals surface area contributed by atoms with Crippen molar-refractivity contribution < 1.29 is 14.8 Å². The van der Waals surface area contributed by atoms with Crippen LogP contribution in [0.25, 0.3) is 0 Å². The van der Waals surface area contributed by atoms with E-state index in [0.29, 0.717) is 12.1 Å². The molecule has 0 radical (unpaired) electrons. The van der Waals surface area contributed by atoms with Crippen molar-refractivity contribution in [1.82, 2.24) is 0 Å². The number of hydrogen-bond acceptors (Lipinski definition) is 4. The van der Waals surface area contributed by atoms with Crippen molar-refractivity contribution in [2.75, 3.05) is 6.26 Å². The predicted octanol–water partition coefficient (Wildman–Crippen LogP) is 1.67. The lowest BCUT2D eigenvalue weighted by molar-refractivity contribution is 0.299. The van der Waals surface area contributed by atoms with Gasteiger partial charge < -0.3 is 14.8 Å². The van der Waals surface area contributed by atoms with E-state index in [4.69, 9.17) is 14.8 Å². The molecule has 2 N–H and O–H groups in total. The summed E-state index contributed by atoms with van der Waals surface area (Å²) in [4.78, 5) is 1.10. The molecule has 2 rings (SSSR count). The lowest BCUT2D eigenvalue weighted by Crippen LogP contribution is -2.29. The van der Waals surface area contributed by atoms with Crippen LogP contribution in [0.2, 0.25) is 0 Å². The molecule has 98 valence electrons. The highest BCUT2D eigenvalue weighted by Gasteiger charge is 2.09. The van der Waals surface area contributed by atoms with Crippen LogP contribution < -0.4 is 10.2 Å². The first-order chi connectivity index (χ1) is 9.20. The third-order valence-electron chi connectivity index (χ3n) is 2.74. The molecule has 0 saturated carbocycles. The molecule has 0 aliphatic heterocycles. The van der Waals surface area contributed by atoms with Crippen LogP contribution in [0, 0.1) is 0 Å². The highest BCUT2D eigenvalue weighted by molar-refractivity contribution is 7.98. The van der Waals surface area contributed by atoms with Crippen LogP contribution in [-0.4, -0.2) is 23.4 Å². The minimum atomic E-state index is -1.42. The molecule has 0 fully saturated rings. The minimum Gasteiger partial charge on any atom is -0.488 e. The van der Waals surface area contributed by atoms with Gasteiger partial charge in [-0.1, -0.05) is 36.4 Å². The maximum Gasteiger partial charge on any atom is 0.488 e. The van der Waals surface area contributed by atoms with Crippen LogP contribution in [0.4, 0.5) is 0 Å². The van der Waals surface area contributed by atoms with E-state index in [2.05, 4.69) is 0 Å². The summed E-state index contributed by atoms with van der Waals surface area (Å²) in [5, 5.41) is 18.0. The molecule has 0 atom stereocenters. The first-order valence-electron chi connectivity index (χ1n) is 5.91. The topological polar surface area (TPSA) is 49.7 Å². The Balaban J connectivity index is 2.02. The average Bonchev–Trinajstić information content (AvgIpc) is 2.45. The molecular formula is C14H15BO3S. The quantitative estimate of drug-likeness (QED) is 0.643. The molecular weight excluding hydrogens is 259 g/mol. The Morgan fingerprint density at radius 3 is 2.37 bits per heavy atom. The molecule has 0 aromatic heterocycles. The summed E-state index contributed by atoms with van der Waals surface area (Å²) in [5.41, 5.74) is 1.47. The van der Waals surface area contributed by atoms with Gasteiger partial charge in [0.25, 0.3) is 0 Å². The van der Waals surface area contributed by atoms with Gasteiger partial charge in [-0.15, -0.1) is 11.8 Å². The first kappa shape index (κ1) is 14.0. The number of hydrogen-bond donors (Lipinski definition) is 2. The fourth-order valence-electron chi connectivity index (χ4n) is 1.69. The fraction of sp³-hybridized carbons (Fsp3) is 0.143. The van der Waals surface area contributed by atoms with Crippen molar-refractivity contribution in [1.29, 1.82) is 0 Å². The second-order valence-corrected chi connectivity index (χ2v) is 4.90. The number of para-hydroxylation sites is 1. The van der Waals surface area contributed by atoms with Crippen molar-refractivity contribution in [3.05, 3.63) is 54.1 Å². The van der Waals surface area contributed by atoms with Gasteiger partial charge in [0.15, 0.2) is 0 Å². The number of benzene rings is 2. The standard InChI is InChI=1S/C14H15BO3S/c1-19-14-5-3-2-4-13(14)18-10-11-6-8-12(9-7-11)15(16)17/h2-9,16-17H,10H2,1H3. The fourth-order valence-corrected chi connectivity index (χ4v) is 2.23. The van der Waals surface area contributed by atoms with E-state index in [0.717, 1.165) is 16.2 Å². The van der Waals surface area contributed by atoms with Crippen molar-refractivity contribution in [3.63, 3.8) is 0 Å². The Labute approximate surface area is 117 Å².